The monoisotopic (exact) mass is 136 g/mol. The van der Waals surface area contributed by atoms with Crippen LogP contribution < -0.4 is 5.32 Å². The second-order valence-corrected chi connectivity index (χ2v) is 2.03. The molecule has 0 aliphatic rings. The minimum Gasteiger partial charge on any atom is -0.374 e. The van der Waals surface area contributed by atoms with E-state index in [1.165, 1.54) is 0 Å². The highest BCUT2D eigenvalue weighted by molar-refractivity contribution is 5.42. The van der Waals surface area contributed by atoms with Gasteiger partial charge in [0.05, 0.1) is 0 Å². The van der Waals surface area contributed by atoms with E-state index in [0.717, 1.165) is 5.69 Å². The van der Waals surface area contributed by atoms with E-state index in [-0.39, 0.29) is 0 Å². The molecule has 0 aromatic heterocycles. The minimum atomic E-state index is -0.734. The van der Waals surface area contributed by atoms with Gasteiger partial charge in [-0.15, -0.1) is 0 Å². The van der Waals surface area contributed by atoms with Crippen molar-refractivity contribution >= 4 is 5.69 Å². The van der Waals surface area contributed by atoms with E-state index in [1.54, 1.807) is 0 Å². The molecule has 2 N–H and O–H groups in total. The van der Waals surface area contributed by atoms with Gasteiger partial charge >= 0.3 is 0 Å². The molecule has 0 aliphatic carbocycles. The number of aliphatic hydroxyl groups excluding tert-OH is 1. The number of rotatable bonds is 2. The van der Waals surface area contributed by atoms with Crippen LogP contribution in [0.4, 0.5) is 5.69 Å². The Balaban J connectivity index is 2.59. The molecule has 1 aromatic rings. The molecule has 0 fully saturated rings. The molecule has 1 atom stereocenters. The third-order valence-corrected chi connectivity index (χ3v) is 1.11. The fourth-order valence-corrected chi connectivity index (χ4v) is 0.727. The first-order valence-corrected chi connectivity index (χ1v) is 3.12. The van der Waals surface area contributed by atoms with Gasteiger partial charge in [0.15, 0.2) is 0 Å². The molecule has 1 unspecified atom stereocenters. The number of nitrogens with one attached hydrogen (secondary N) is 1. The zero-order chi connectivity index (χ0) is 7.40. The van der Waals surface area contributed by atoms with Crippen LogP contribution in [0.25, 0.3) is 0 Å². The van der Waals surface area contributed by atoms with E-state index in [1.807, 2.05) is 30.3 Å². The lowest BCUT2D eigenvalue weighted by atomic mass is 10.3. The molecule has 1 radical (unpaired) electrons. The lowest BCUT2D eigenvalue weighted by Gasteiger charge is -2.07. The van der Waals surface area contributed by atoms with Crippen LogP contribution in [-0.4, -0.2) is 11.3 Å². The Morgan fingerprint density at radius 1 is 1.30 bits per heavy atom. The van der Waals surface area contributed by atoms with Crippen LogP contribution in [0, 0.1) is 6.92 Å². The highest BCUT2D eigenvalue weighted by Crippen LogP contribution is 2.04. The maximum atomic E-state index is 8.78. The van der Waals surface area contributed by atoms with Crippen LogP contribution in [0.1, 0.15) is 0 Å². The molecule has 2 nitrogen and oxygen atoms in total. The Morgan fingerprint density at radius 2 is 1.90 bits per heavy atom. The first-order chi connectivity index (χ1) is 4.79. The number of para-hydroxylation sites is 1. The zero-order valence-corrected chi connectivity index (χ0v) is 5.62. The third-order valence-electron chi connectivity index (χ3n) is 1.11. The van der Waals surface area contributed by atoms with Gasteiger partial charge in [-0.05, 0) is 19.1 Å². The molecule has 0 bridgehead atoms. The van der Waals surface area contributed by atoms with Crippen LogP contribution in [0.3, 0.4) is 0 Å². The lowest BCUT2D eigenvalue weighted by Crippen LogP contribution is -2.13. The molecule has 0 saturated heterocycles. The summed E-state index contributed by atoms with van der Waals surface area (Å²) in [6.07, 6.45) is -0.734. The Morgan fingerprint density at radius 3 is 2.40 bits per heavy atom. The highest BCUT2D eigenvalue weighted by atomic mass is 16.3. The minimum absolute atomic E-state index is 0.734. The van der Waals surface area contributed by atoms with Gasteiger partial charge in [0.25, 0.3) is 0 Å². The first-order valence-electron chi connectivity index (χ1n) is 3.12. The highest BCUT2D eigenvalue weighted by Gasteiger charge is 1.92. The van der Waals surface area contributed by atoms with E-state index in [4.69, 9.17) is 5.11 Å². The van der Waals surface area contributed by atoms with Crippen molar-refractivity contribution in [2.45, 2.75) is 6.23 Å². The van der Waals surface area contributed by atoms with Gasteiger partial charge in [-0.2, -0.15) is 0 Å². The number of anilines is 1. The second-order valence-electron chi connectivity index (χ2n) is 2.03. The number of hydrogen-bond donors (Lipinski definition) is 2. The summed E-state index contributed by atoms with van der Waals surface area (Å²) in [6, 6.07) is 9.44. The molecule has 53 valence electrons. The Hall–Kier alpha value is -1.02. The van der Waals surface area contributed by atoms with Crippen molar-refractivity contribution < 1.29 is 5.11 Å². The topological polar surface area (TPSA) is 32.3 Å². The van der Waals surface area contributed by atoms with E-state index < -0.39 is 6.23 Å². The summed E-state index contributed by atoms with van der Waals surface area (Å²) >= 11 is 0. The van der Waals surface area contributed by atoms with Crippen LogP contribution >= 0.6 is 0 Å². The number of benzene rings is 1. The lowest BCUT2D eigenvalue weighted by molar-refractivity contribution is 0.250. The van der Waals surface area contributed by atoms with Crippen LogP contribution in [0.5, 0.6) is 0 Å². The van der Waals surface area contributed by atoms with Crippen molar-refractivity contribution in [3.05, 3.63) is 37.3 Å². The molecule has 0 amide bonds. The summed E-state index contributed by atoms with van der Waals surface area (Å²) in [6.45, 7) is 3.38. The summed E-state index contributed by atoms with van der Waals surface area (Å²) in [5.41, 5.74) is 0.880. The van der Waals surface area contributed by atoms with Gasteiger partial charge < -0.3 is 10.4 Å². The standard InChI is InChI=1S/C8H10NO/c1-7(10)9-8-5-3-2-4-6-8/h2-7,9-10H,1H2. The smallest absolute Gasteiger partial charge is 0.124 e. The molecule has 1 aromatic carbocycles. The average Bonchev–Trinajstić information content (AvgIpc) is 1.88. The van der Waals surface area contributed by atoms with Crippen LogP contribution in [0.15, 0.2) is 30.3 Å². The first kappa shape index (κ1) is 7.09. The van der Waals surface area contributed by atoms with Gasteiger partial charge in [-0.3, -0.25) is 0 Å². The fourth-order valence-electron chi connectivity index (χ4n) is 0.727. The number of aliphatic hydroxyl groups is 1. The van der Waals surface area contributed by atoms with Gasteiger partial charge in [0.1, 0.15) is 6.23 Å². The van der Waals surface area contributed by atoms with Crippen molar-refractivity contribution in [1.82, 2.24) is 0 Å². The predicted octanol–water partition coefficient (Wildman–Crippen LogP) is 1.25. The van der Waals surface area contributed by atoms with Crippen molar-refractivity contribution in [3.8, 4) is 0 Å². The fraction of sp³-hybridized carbons (Fsp3) is 0.125. The van der Waals surface area contributed by atoms with E-state index in [9.17, 15) is 0 Å². The molecule has 0 saturated carbocycles. The SMILES string of the molecule is [CH2]C(O)Nc1ccccc1. The average molecular weight is 136 g/mol. The van der Waals surface area contributed by atoms with E-state index in [2.05, 4.69) is 12.2 Å². The summed E-state index contributed by atoms with van der Waals surface area (Å²) in [4.78, 5) is 0. The van der Waals surface area contributed by atoms with Crippen LogP contribution in [-0.2, 0) is 0 Å². The maximum Gasteiger partial charge on any atom is 0.124 e. The summed E-state index contributed by atoms with van der Waals surface area (Å²) in [5.74, 6) is 0. The maximum absolute atomic E-state index is 8.78. The largest absolute Gasteiger partial charge is 0.374 e. The summed E-state index contributed by atoms with van der Waals surface area (Å²) < 4.78 is 0. The van der Waals surface area contributed by atoms with E-state index >= 15 is 0 Å². The quantitative estimate of drug-likeness (QED) is 0.600. The molecule has 10 heavy (non-hydrogen) atoms. The Kier molecular flexibility index (Phi) is 2.29. The molecular formula is C8H10NO. The predicted molar refractivity (Wildman–Crippen MR) is 41.4 cm³/mol. The third kappa shape index (κ3) is 2.07. The van der Waals surface area contributed by atoms with Crippen LogP contribution in [0.2, 0.25) is 0 Å². The Labute approximate surface area is 60.5 Å². The number of hydrogen-bond acceptors (Lipinski definition) is 2. The molecule has 0 spiro atoms. The van der Waals surface area contributed by atoms with Crippen molar-refractivity contribution in [1.29, 1.82) is 0 Å². The molecule has 2 heteroatoms. The van der Waals surface area contributed by atoms with Crippen molar-refractivity contribution in [2.75, 3.05) is 5.32 Å². The van der Waals surface area contributed by atoms with E-state index in [0.29, 0.717) is 0 Å². The molecule has 0 heterocycles. The van der Waals surface area contributed by atoms with Gasteiger partial charge in [-0.1, -0.05) is 18.2 Å². The van der Waals surface area contributed by atoms with Gasteiger partial charge in [0.2, 0.25) is 0 Å². The van der Waals surface area contributed by atoms with Crippen molar-refractivity contribution in [2.24, 2.45) is 0 Å². The molecule has 0 aliphatic heterocycles. The Bertz CT molecular complexity index is 184. The molecular weight excluding hydrogens is 126 g/mol. The summed E-state index contributed by atoms with van der Waals surface area (Å²) in [7, 11) is 0. The zero-order valence-electron chi connectivity index (χ0n) is 5.62. The molecule has 1 rings (SSSR count). The second kappa shape index (κ2) is 3.22. The normalized spacial score (nSPS) is 12.6. The summed E-state index contributed by atoms with van der Waals surface area (Å²) in [5, 5.41) is 11.5. The van der Waals surface area contributed by atoms with Gasteiger partial charge in [0, 0.05) is 5.69 Å². The van der Waals surface area contributed by atoms with Gasteiger partial charge in [-0.25, -0.2) is 0 Å². The van der Waals surface area contributed by atoms with Crippen molar-refractivity contribution in [3.63, 3.8) is 0 Å².